The van der Waals surface area contributed by atoms with E-state index in [1.54, 1.807) is 12.1 Å². The number of rotatable bonds is 5. The molecule has 3 aromatic rings. The van der Waals surface area contributed by atoms with E-state index in [-0.39, 0.29) is 12.4 Å². The maximum atomic E-state index is 12.7. The predicted octanol–water partition coefficient (Wildman–Crippen LogP) is 5.39. The van der Waals surface area contributed by atoms with Gasteiger partial charge in [0.1, 0.15) is 5.75 Å². The van der Waals surface area contributed by atoms with Crippen molar-refractivity contribution in [3.8, 4) is 16.9 Å². The third kappa shape index (κ3) is 5.10. The van der Waals surface area contributed by atoms with E-state index in [1.807, 2.05) is 42.5 Å². The summed E-state index contributed by atoms with van der Waals surface area (Å²) in [6.45, 7) is -0.387. The molecular weight excluding hydrogens is 355 g/mol. The number of alkyl halides is 3. The fraction of sp³-hybridized carbons (Fsp3) is 0.0952. The van der Waals surface area contributed by atoms with E-state index in [9.17, 15) is 18.0 Å². The van der Waals surface area contributed by atoms with E-state index >= 15 is 0 Å². The van der Waals surface area contributed by atoms with Crippen LogP contribution < -0.4 is 10.1 Å². The quantitative estimate of drug-likeness (QED) is 0.653. The summed E-state index contributed by atoms with van der Waals surface area (Å²) in [5, 5.41) is 2.65. The predicted molar refractivity (Wildman–Crippen MR) is 97.4 cm³/mol. The molecule has 0 aliphatic heterocycles. The summed E-state index contributed by atoms with van der Waals surface area (Å²) < 4.78 is 43.2. The molecule has 0 unspecified atom stereocenters. The van der Waals surface area contributed by atoms with Gasteiger partial charge in [0.05, 0.1) is 5.56 Å². The Hall–Kier alpha value is -3.28. The van der Waals surface area contributed by atoms with E-state index < -0.39 is 17.6 Å². The van der Waals surface area contributed by atoms with Crippen LogP contribution in [-0.2, 0) is 11.0 Å². The van der Waals surface area contributed by atoms with Gasteiger partial charge in [0.15, 0.2) is 6.61 Å². The lowest BCUT2D eigenvalue weighted by Gasteiger charge is -2.11. The fourth-order valence-electron chi connectivity index (χ4n) is 2.48. The Morgan fingerprint density at radius 3 is 2.19 bits per heavy atom. The molecule has 0 aliphatic carbocycles. The zero-order chi connectivity index (χ0) is 19.3. The van der Waals surface area contributed by atoms with Gasteiger partial charge >= 0.3 is 6.18 Å². The topological polar surface area (TPSA) is 38.3 Å². The Bertz CT molecular complexity index is 907. The molecular formula is C21H16F3NO2. The Balaban J connectivity index is 1.57. The second kappa shape index (κ2) is 7.95. The molecule has 138 valence electrons. The van der Waals surface area contributed by atoms with E-state index in [0.717, 1.165) is 23.3 Å². The second-order valence-electron chi connectivity index (χ2n) is 5.81. The van der Waals surface area contributed by atoms with Gasteiger partial charge in [0.25, 0.3) is 5.91 Å². The van der Waals surface area contributed by atoms with Gasteiger partial charge in [-0.2, -0.15) is 13.2 Å². The molecule has 0 fully saturated rings. The first-order valence-electron chi connectivity index (χ1n) is 8.17. The van der Waals surface area contributed by atoms with Crippen LogP contribution in [0.1, 0.15) is 5.56 Å². The highest BCUT2D eigenvalue weighted by Crippen LogP contribution is 2.31. The highest BCUT2D eigenvalue weighted by atomic mass is 19.4. The van der Waals surface area contributed by atoms with Crippen LogP contribution in [0.3, 0.4) is 0 Å². The number of nitrogens with one attached hydrogen (secondary N) is 1. The minimum absolute atomic E-state index is 0.0144. The largest absolute Gasteiger partial charge is 0.484 e. The molecule has 0 saturated carbocycles. The summed E-state index contributed by atoms with van der Waals surface area (Å²) in [5.41, 5.74) is 1.82. The van der Waals surface area contributed by atoms with Crippen LogP contribution in [0, 0.1) is 0 Å². The number of benzene rings is 3. The van der Waals surface area contributed by atoms with Crippen molar-refractivity contribution in [3.63, 3.8) is 0 Å². The maximum Gasteiger partial charge on any atom is 0.416 e. The summed E-state index contributed by atoms with van der Waals surface area (Å²) >= 11 is 0. The van der Waals surface area contributed by atoms with Gasteiger partial charge < -0.3 is 10.1 Å². The van der Waals surface area contributed by atoms with Crippen molar-refractivity contribution in [2.24, 2.45) is 0 Å². The van der Waals surface area contributed by atoms with Gasteiger partial charge in [-0.25, -0.2) is 0 Å². The van der Waals surface area contributed by atoms with Gasteiger partial charge in [-0.15, -0.1) is 0 Å². The van der Waals surface area contributed by atoms with Crippen molar-refractivity contribution in [1.82, 2.24) is 0 Å². The average Bonchev–Trinajstić information content (AvgIpc) is 2.67. The third-order valence-corrected chi connectivity index (χ3v) is 3.81. The summed E-state index contributed by atoms with van der Waals surface area (Å²) in [4.78, 5) is 12.0. The lowest BCUT2D eigenvalue weighted by atomic mass is 10.1. The number of carbonyl (C=O) groups is 1. The molecule has 0 aliphatic rings. The van der Waals surface area contributed by atoms with E-state index in [1.165, 1.54) is 12.1 Å². The van der Waals surface area contributed by atoms with Gasteiger partial charge in [0, 0.05) is 5.69 Å². The van der Waals surface area contributed by atoms with Crippen molar-refractivity contribution in [2.45, 2.75) is 6.18 Å². The van der Waals surface area contributed by atoms with E-state index in [0.29, 0.717) is 5.69 Å². The fourth-order valence-corrected chi connectivity index (χ4v) is 2.48. The Kier molecular flexibility index (Phi) is 5.45. The molecule has 0 radical (unpaired) electrons. The van der Waals surface area contributed by atoms with Crippen molar-refractivity contribution in [1.29, 1.82) is 0 Å². The molecule has 0 bridgehead atoms. The molecule has 6 heteroatoms. The lowest BCUT2D eigenvalue weighted by Crippen LogP contribution is -2.20. The zero-order valence-corrected chi connectivity index (χ0v) is 14.2. The molecule has 1 amide bonds. The van der Waals surface area contributed by atoms with E-state index in [4.69, 9.17) is 4.74 Å². The molecule has 3 rings (SSSR count). The number of halogens is 3. The van der Waals surface area contributed by atoms with Crippen molar-refractivity contribution in [2.75, 3.05) is 11.9 Å². The molecule has 27 heavy (non-hydrogen) atoms. The molecule has 0 spiro atoms. The number of amides is 1. The highest BCUT2D eigenvalue weighted by Gasteiger charge is 2.30. The minimum Gasteiger partial charge on any atom is -0.484 e. The van der Waals surface area contributed by atoms with Crippen LogP contribution >= 0.6 is 0 Å². The summed E-state index contributed by atoms with van der Waals surface area (Å²) in [7, 11) is 0. The van der Waals surface area contributed by atoms with Gasteiger partial charge in [0.2, 0.25) is 0 Å². The van der Waals surface area contributed by atoms with E-state index in [2.05, 4.69) is 5.32 Å². The second-order valence-corrected chi connectivity index (χ2v) is 5.81. The number of ether oxygens (including phenoxy) is 1. The highest BCUT2D eigenvalue weighted by molar-refractivity contribution is 5.92. The summed E-state index contributed by atoms with van der Waals surface area (Å²) in [6, 6.07) is 21.5. The lowest BCUT2D eigenvalue weighted by molar-refractivity contribution is -0.137. The molecule has 0 aromatic heterocycles. The Labute approximate surface area is 154 Å². The standard InChI is InChI=1S/C21H16F3NO2/c22-21(23,24)17-7-4-8-19(13-17)27-14-20(26)25-18-11-9-16(10-12-18)15-5-2-1-3-6-15/h1-13H,14H2,(H,25,26). The summed E-state index contributed by atoms with van der Waals surface area (Å²) in [6.07, 6.45) is -4.46. The SMILES string of the molecule is O=C(COc1cccc(C(F)(F)F)c1)Nc1ccc(-c2ccccc2)cc1. The van der Waals surface area contributed by atoms with Crippen LogP contribution in [0.15, 0.2) is 78.9 Å². The Morgan fingerprint density at radius 2 is 1.52 bits per heavy atom. The molecule has 3 nitrogen and oxygen atoms in total. The third-order valence-electron chi connectivity index (χ3n) is 3.81. The number of hydrogen-bond donors (Lipinski definition) is 1. The molecule has 0 atom stereocenters. The first-order valence-corrected chi connectivity index (χ1v) is 8.17. The normalized spacial score (nSPS) is 11.1. The van der Waals surface area contributed by atoms with Crippen molar-refractivity contribution < 1.29 is 22.7 Å². The first-order chi connectivity index (χ1) is 12.9. The summed E-state index contributed by atoms with van der Waals surface area (Å²) in [5.74, 6) is -0.473. The number of anilines is 1. The number of carbonyl (C=O) groups excluding carboxylic acids is 1. The van der Waals surface area contributed by atoms with Crippen molar-refractivity contribution in [3.05, 3.63) is 84.4 Å². The maximum absolute atomic E-state index is 12.7. The smallest absolute Gasteiger partial charge is 0.416 e. The Morgan fingerprint density at radius 1 is 0.852 bits per heavy atom. The molecule has 0 saturated heterocycles. The van der Waals surface area contributed by atoms with Gasteiger partial charge in [-0.3, -0.25) is 4.79 Å². The van der Waals surface area contributed by atoms with Crippen molar-refractivity contribution >= 4 is 11.6 Å². The van der Waals surface area contributed by atoms with Gasteiger partial charge in [-0.05, 0) is 41.5 Å². The first kappa shape index (κ1) is 18.5. The van der Waals surface area contributed by atoms with Crippen LogP contribution in [-0.4, -0.2) is 12.5 Å². The van der Waals surface area contributed by atoms with Crippen LogP contribution in [0.25, 0.3) is 11.1 Å². The molecule has 1 N–H and O–H groups in total. The monoisotopic (exact) mass is 371 g/mol. The van der Waals surface area contributed by atoms with Crippen LogP contribution in [0.4, 0.5) is 18.9 Å². The van der Waals surface area contributed by atoms with Gasteiger partial charge in [-0.1, -0.05) is 48.5 Å². The average molecular weight is 371 g/mol. The molecule has 0 heterocycles. The minimum atomic E-state index is -4.46. The molecule has 3 aromatic carbocycles. The van der Waals surface area contributed by atoms with Crippen LogP contribution in [0.5, 0.6) is 5.75 Å². The number of hydrogen-bond acceptors (Lipinski definition) is 2. The zero-order valence-electron chi connectivity index (χ0n) is 14.2. The van der Waals surface area contributed by atoms with Crippen LogP contribution in [0.2, 0.25) is 0 Å².